The van der Waals surface area contributed by atoms with Gasteiger partial charge in [0.15, 0.2) is 0 Å². The van der Waals surface area contributed by atoms with E-state index in [0.717, 1.165) is 22.0 Å². The Balaban J connectivity index is 2.26. The minimum absolute atomic E-state index is 0.565. The number of nitrogens with zero attached hydrogens (tertiary/aromatic N) is 3. The fourth-order valence-corrected chi connectivity index (χ4v) is 2.24. The van der Waals surface area contributed by atoms with Gasteiger partial charge in [0, 0.05) is 22.5 Å². The van der Waals surface area contributed by atoms with Gasteiger partial charge in [-0.15, -0.1) is 35.5 Å². The smallest absolute Gasteiger partial charge is 0.125 e. The van der Waals surface area contributed by atoms with Crippen LogP contribution in [0.3, 0.4) is 0 Å². The molecule has 2 heterocycles. The molecule has 0 spiro atoms. The van der Waals surface area contributed by atoms with Crippen molar-refractivity contribution < 1.29 is 0 Å². The quantitative estimate of drug-likeness (QED) is 0.667. The van der Waals surface area contributed by atoms with Crippen molar-refractivity contribution in [3.63, 3.8) is 0 Å². The summed E-state index contributed by atoms with van der Waals surface area (Å²) in [7, 11) is 0. The summed E-state index contributed by atoms with van der Waals surface area (Å²) in [5.41, 5.74) is 1.95. The predicted molar refractivity (Wildman–Crippen MR) is 77.3 cm³/mol. The Hall–Kier alpha value is -1.59. The van der Waals surface area contributed by atoms with Gasteiger partial charge in [0.2, 0.25) is 0 Å². The molecule has 18 heavy (non-hydrogen) atoms. The van der Waals surface area contributed by atoms with Gasteiger partial charge in [0.1, 0.15) is 10.1 Å². The lowest BCUT2D eigenvalue weighted by Crippen LogP contribution is -1.91. The number of hydrogen-bond donors (Lipinski definition) is 2. The first-order chi connectivity index (χ1) is 8.75. The average molecular weight is 271 g/mol. The molecule has 0 amide bonds. The van der Waals surface area contributed by atoms with Crippen molar-refractivity contribution in [1.29, 1.82) is 0 Å². The van der Waals surface area contributed by atoms with Gasteiger partial charge in [-0.1, -0.05) is 30.3 Å². The Morgan fingerprint density at radius 3 is 2.22 bits per heavy atom. The van der Waals surface area contributed by atoms with Crippen LogP contribution in [-0.4, -0.2) is 15.2 Å². The molecule has 88 valence electrons. The highest BCUT2D eigenvalue weighted by Gasteiger charge is 2.07. The Morgan fingerprint density at radius 1 is 0.833 bits per heavy atom. The summed E-state index contributed by atoms with van der Waals surface area (Å²) in [5, 5.41) is 10.8. The summed E-state index contributed by atoms with van der Waals surface area (Å²) in [6.07, 6.45) is 1.76. The fraction of sp³-hybridized carbons (Fsp3) is 0. The van der Waals surface area contributed by atoms with Gasteiger partial charge in [0.05, 0.1) is 5.69 Å². The normalized spacial score (nSPS) is 10.8. The van der Waals surface area contributed by atoms with Crippen LogP contribution in [-0.2, 0) is 0 Å². The van der Waals surface area contributed by atoms with Gasteiger partial charge >= 0.3 is 0 Å². The summed E-state index contributed by atoms with van der Waals surface area (Å²) >= 11 is 8.59. The third-order valence-electron chi connectivity index (χ3n) is 2.69. The Kier molecular flexibility index (Phi) is 2.93. The first kappa shape index (κ1) is 11.5. The molecule has 0 bridgehead atoms. The lowest BCUT2D eigenvalue weighted by atomic mass is 10.1. The third kappa shape index (κ3) is 1.95. The van der Waals surface area contributed by atoms with Gasteiger partial charge in [-0.3, -0.25) is 4.98 Å². The van der Waals surface area contributed by atoms with Crippen molar-refractivity contribution in [2.75, 3.05) is 0 Å². The van der Waals surface area contributed by atoms with E-state index in [0.29, 0.717) is 10.1 Å². The molecule has 0 saturated carbocycles. The third-order valence-corrected chi connectivity index (χ3v) is 3.36. The number of fused-ring (bicyclic) bond motifs is 1. The molecule has 3 aromatic rings. The number of hydrogen-bond acceptors (Lipinski definition) is 5. The maximum absolute atomic E-state index is 4.43. The van der Waals surface area contributed by atoms with E-state index < -0.39 is 0 Å². The van der Waals surface area contributed by atoms with Gasteiger partial charge in [-0.25, -0.2) is 0 Å². The summed E-state index contributed by atoms with van der Waals surface area (Å²) in [6, 6.07) is 11.9. The molecule has 0 aliphatic rings. The van der Waals surface area contributed by atoms with Crippen molar-refractivity contribution in [2.45, 2.75) is 10.1 Å². The molecule has 3 nitrogen and oxygen atoms in total. The molecule has 0 radical (unpaired) electrons. The van der Waals surface area contributed by atoms with Gasteiger partial charge < -0.3 is 0 Å². The van der Waals surface area contributed by atoms with Gasteiger partial charge in [0.25, 0.3) is 0 Å². The van der Waals surface area contributed by atoms with E-state index in [1.54, 1.807) is 6.20 Å². The minimum Gasteiger partial charge on any atom is -0.255 e. The lowest BCUT2D eigenvalue weighted by molar-refractivity contribution is 0.889. The molecule has 0 aliphatic heterocycles. The monoisotopic (exact) mass is 271 g/mol. The van der Waals surface area contributed by atoms with E-state index >= 15 is 0 Å². The van der Waals surface area contributed by atoms with Crippen LogP contribution in [0.15, 0.2) is 52.6 Å². The molecule has 0 N–H and O–H groups in total. The lowest BCUT2D eigenvalue weighted by Gasteiger charge is -2.05. The topological polar surface area (TPSA) is 38.7 Å². The van der Waals surface area contributed by atoms with E-state index in [2.05, 4.69) is 40.4 Å². The average Bonchev–Trinajstić information content (AvgIpc) is 2.44. The number of rotatable bonds is 1. The second kappa shape index (κ2) is 4.59. The number of benzene rings is 1. The molecule has 0 fully saturated rings. The van der Waals surface area contributed by atoms with E-state index in [4.69, 9.17) is 0 Å². The van der Waals surface area contributed by atoms with Crippen molar-refractivity contribution in [3.05, 3.63) is 42.6 Å². The highest BCUT2D eigenvalue weighted by atomic mass is 32.1. The van der Waals surface area contributed by atoms with Crippen LogP contribution >= 0.6 is 25.3 Å². The fourth-order valence-electron chi connectivity index (χ4n) is 1.79. The van der Waals surface area contributed by atoms with E-state index in [1.165, 1.54) is 0 Å². The van der Waals surface area contributed by atoms with Crippen molar-refractivity contribution in [3.8, 4) is 11.3 Å². The molecular weight excluding hydrogens is 262 g/mol. The molecule has 1 aromatic carbocycles. The number of thiol groups is 2. The first-order valence-corrected chi connectivity index (χ1v) is 6.25. The maximum Gasteiger partial charge on any atom is 0.125 e. The van der Waals surface area contributed by atoms with Crippen LogP contribution in [0.1, 0.15) is 0 Å². The Labute approximate surface area is 115 Å². The second-order valence-electron chi connectivity index (χ2n) is 3.83. The summed E-state index contributed by atoms with van der Waals surface area (Å²) in [4.78, 5) is 4.43. The Bertz CT molecular complexity index is 714. The largest absolute Gasteiger partial charge is 0.255 e. The summed E-state index contributed by atoms with van der Waals surface area (Å²) < 4.78 is 0. The summed E-state index contributed by atoms with van der Waals surface area (Å²) in [6.45, 7) is 0. The molecule has 5 heteroatoms. The molecule has 0 unspecified atom stereocenters. The van der Waals surface area contributed by atoms with Crippen LogP contribution in [0.2, 0.25) is 0 Å². The zero-order chi connectivity index (χ0) is 12.5. The SMILES string of the molecule is Sc1nnc(S)c2cc(-c3ccccc3)ncc12. The molecule has 0 saturated heterocycles. The predicted octanol–water partition coefficient (Wildman–Crippen LogP) is 3.27. The van der Waals surface area contributed by atoms with Crippen molar-refractivity contribution >= 4 is 36.0 Å². The highest BCUT2D eigenvalue weighted by molar-refractivity contribution is 7.80. The molecule has 0 aliphatic carbocycles. The van der Waals surface area contributed by atoms with Gasteiger partial charge in [-0.05, 0) is 6.07 Å². The van der Waals surface area contributed by atoms with Gasteiger partial charge in [-0.2, -0.15) is 0 Å². The van der Waals surface area contributed by atoms with E-state index in [1.807, 2.05) is 36.4 Å². The minimum atomic E-state index is 0.565. The molecule has 3 rings (SSSR count). The zero-order valence-corrected chi connectivity index (χ0v) is 11.1. The zero-order valence-electron chi connectivity index (χ0n) is 9.28. The highest BCUT2D eigenvalue weighted by Crippen LogP contribution is 2.27. The van der Waals surface area contributed by atoms with Crippen LogP contribution < -0.4 is 0 Å². The van der Waals surface area contributed by atoms with Crippen molar-refractivity contribution in [1.82, 2.24) is 15.2 Å². The number of aromatic nitrogens is 3. The number of pyridine rings is 1. The van der Waals surface area contributed by atoms with E-state index in [9.17, 15) is 0 Å². The molecule has 2 aromatic heterocycles. The summed E-state index contributed by atoms with van der Waals surface area (Å²) in [5.74, 6) is 0. The van der Waals surface area contributed by atoms with Crippen molar-refractivity contribution in [2.24, 2.45) is 0 Å². The van der Waals surface area contributed by atoms with Crippen LogP contribution in [0, 0.1) is 0 Å². The Morgan fingerprint density at radius 2 is 1.50 bits per heavy atom. The maximum atomic E-state index is 4.43. The molecule has 0 atom stereocenters. The van der Waals surface area contributed by atoms with E-state index in [-0.39, 0.29) is 0 Å². The molecular formula is C13H9N3S2. The van der Waals surface area contributed by atoms with Crippen LogP contribution in [0.5, 0.6) is 0 Å². The van der Waals surface area contributed by atoms with Crippen LogP contribution in [0.4, 0.5) is 0 Å². The standard InChI is InChI=1S/C13H9N3S2/c17-12-9-6-11(8-4-2-1-3-5-8)14-7-10(9)13(18)16-15-12/h1-7H,(H,15,17)(H,16,18). The second-order valence-corrected chi connectivity index (χ2v) is 4.68. The van der Waals surface area contributed by atoms with Crippen LogP contribution in [0.25, 0.3) is 22.0 Å². The first-order valence-electron chi connectivity index (χ1n) is 5.35.